The smallest absolute Gasteiger partial charge is 0.408 e. The molecule has 4 heteroatoms. The minimum atomic E-state index is -0.419. The lowest BCUT2D eigenvalue weighted by atomic mass is 9.62. The fourth-order valence-electron chi connectivity index (χ4n) is 3.00. The van der Waals surface area contributed by atoms with Crippen LogP contribution in [0.25, 0.3) is 0 Å². The predicted octanol–water partition coefficient (Wildman–Crippen LogP) is 1.51. The van der Waals surface area contributed by atoms with Gasteiger partial charge in [-0.05, 0) is 39.0 Å². The molecule has 1 saturated heterocycles. The summed E-state index contributed by atoms with van der Waals surface area (Å²) in [6, 6.07) is 0. The summed E-state index contributed by atoms with van der Waals surface area (Å²) in [6.07, 6.45) is 0.775. The summed E-state index contributed by atoms with van der Waals surface area (Å²) in [6.45, 7) is 9.79. The molecule has 0 aromatic rings. The van der Waals surface area contributed by atoms with E-state index in [0.29, 0.717) is 11.8 Å². The van der Waals surface area contributed by atoms with Crippen molar-refractivity contribution in [1.82, 2.24) is 10.6 Å². The highest BCUT2D eigenvalue weighted by Crippen LogP contribution is 2.46. The largest absolute Gasteiger partial charge is 0.444 e. The van der Waals surface area contributed by atoms with Gasteiger partial charge in [-0.25, -0.2) is 4.79 Å². The molecule has 4 nitrogen and oxygen atoms in total. The van der Waals surface area contributed by atoms with E-state index in [9.17, 15) is 4.79 Å². The minimum Gasteiger partial charge on any atom is -0.444 e. The number of hydrogen-bond donors (Lipinski definition) is 2. The summed E-state index contributed by atoms with van der Waals surface area (Å²) in [5.74, 6) is 1.27. The van der Waals surface area contributed by atoms with E-state index >= 15 is 0 Å². The number of carbonyl (C=O) groups excluding carboxylic acids is 1. The van der Waals surface area contributed by atoms with Gasteiger partial charge < -0.3 is 15.4 Å². The third-order valence-electron chi connectivity index (χ3n) is 3.64. The van der Waals surface area contributed by atoms with Crippen molar-refractivity contribution in [1.29, 1.82) is 0 Å². The van der Waals surface area contributed by atoms with Crippen LogP contribution in [0.3, 0.4) is 0 Å². The fourth-order valence-corrected chi connectivity index (χ4v) is 3.00. The molecular formula is C12H22N2O2. The van der Waals surface area contributed by atoms with Gasteiger partial charge in [0.2, 0.25) is 0 Å². The van der Waals surface area contributed by atoms with E-state index in [1.807, 2.05) is 20.8 Å². The number of ether oxygens (including phenoxy) is 1. The van der Waals surface area contributed by atoms with Crippen LogP contribution in [0.5, 0.6) is 0 Å². The van der Waals surface area contributed by atoms with E-state index in [0.717, 1.165) is 19.5 Å². The van der Waals surface area contributed by atoms with Gasteiger partial charge >= 0.3 is 6.09 Å². The highest BCUT2D eigenvalue weighted by atomic mass is 16.6. The zero-order valence-electron chi connectivity index (χ0n) is 10.6. The zero-order valence-corrected chi connectivity index (χ0v) is 10.6. The topological polar surface area (TPSA) is 50.4 Å². The molecule has 1 amide bonds. The van der Waals surface area contributed by atoms with Crippen molar-refractivity contribution in [3.63, 3.8) is 0 Å². The van der Waals surface area contributed by atoms with Crippen molar-refractivity contribution in [2.24, 2.45) is 11.8 Å². The molecule has 0 aromatic carbocycles. The number of nitrogens with one attached hydrogen (secondary N) is 2. The standard InChI is InChI=1S/C12H22N2O2/c1-8-5-12(7-13-6-9(8)12)14-10(15)16-11(2,3)4/h8-9,13H,5-7H2,1-4H3,(H,14,15)/t8-,9?,12-/m1/s1. The fraction of sp³-hybridized carbons (Fsp3) is 0.917. The van der Waals surface area contributed by atoms with Gasteiger partial charge in [0.05, 0.1) is 5.54 Å². The number of hydrogen-bond acceptors (Lipinski definition) is 3. The first-order chi connectivity index (χ1) is 7.32. The van der Waals surface area contributed by atoms with Crippen LogP contribution in [0.4, 0.5) is 4.79 Å². The maximum atomic E-state index is 11.7. The van der Waals surface area contributed by atoms with Crippen LogP contribution in [0, 0.1) is 11.8 Å². The Labute approximate surface area is 97.1 Å². The van der Waals surface area contributed by atoms with Crippen molar-refractivity contribution < 1.29 is 9.53 Å². The van der Waals surface area contributed by atoms with Crippen molar-refractivity contribution in [2.45, 2.75) is 45.3 Å². The molecule has 0 spiro atoms. The Bertz CT molecular complexity index is 298. The molecule has 0 bridgehead atoms. The number of amides is 1. The lowest BCUT2D eigenvalue weighted by Crippen LogP contribution is -2.64. The number of fused-ring (bicyclic) bond motifs is 1. The summed E-state index contributed by atoms with van der Waals surface area (Å²) < 4.78 is 5.30. The van der Waals surface area contributed by atoms with Crippen molar-refractivity contribution in [2.75, 3.05) is 13.1 Å². The average Bonchev–Trinajstić information content (AvgIpc) is 2.38. The molecule has 1 heterocycles. The lowest BCUT2D eigenvalue weighted by Gasteiger charge is -2.49. The third-order valence-corrected chi connectivity index (χ3v) is 3.64. The van der Waals surface area contributed by atoms with Crippen LogP contribution in [0.1, 0.15) is 34.1 Å². The van der Waals surface area contributed by atoms with E-state index in [1.54, 1.807) is 0 Å². The van der Waals surface area contributed by atoms with E-state index < -0.39 is 5.60 Å². The summed E-state index contributed by atoms with van der Waals surface area (Å²) in [5.41, 5.74) is -0.459. The Morgan fingerprint density at radius 3 is 2.75 bits per heavy atom. The Kier molecular flexibility index (Phi) is 2.65. The molecule has 2 aliphatic rings. The second-order valence-electron chi connectivity index (χ2n) is 6.20. The molecule has 1 aliphatic carbocycles. The van der Waals surface area contributed by atoms with E-state index in [2.05, 4.69) is 17.6 Å². The van der Waals surface area contributed by atoms with Crippen LogP contribution >= 0.6 is 0 Å². The van der Waals surface area contributed by atoms with Gasteiger partial charge in [0, 0.05) is 13.1 Å². The van der Waals surface area contributed by atoms with Gasteiger partial charge in [0.15, 0.2) is 0 Å². The molecule has 1 unspecified atom stereocenters. The van der Waals surface area contributed by atoms with Crippen LogP contribution in [-0.4, -0.2) is 30.3 Å². The first-order valence-electron chi connectivity index (χ1n) is 6.04. The summed E-state index contributed by atoms with van der Waals surface area (Å²) in [4.78, 5) is 11.7. The normalized spacial score (nSPS) is 37.5. The predicted molar refractivity (Wildman–Crippen MR) is 62.2 cm³/mol. The number of rotatable bonds is 1. The van der Waals surface area contributed by atoms with Gasteiger partial charge in [-0.1, -0.05) is 6.92 Å². The molecule has 2 fully saturated rings. The van der Waals surface area contributed by atoms with Crippen LogP contribution in [-0.2, 0) is 4.74 Å². The molecule has 16 heavy (non-hydrogen) atoms. The molecule has 0 aromatic heterocycles. The maximum Gasteiger partial charge on any atom is 0.408 e. The van der Waals surface area contributed by atoms with Gasteiger partial charge in [0.1, 0.15) is 5.60 Å². The van der Waals surface area contributed by atoms with Crippen molar-refractivity contribution >= 4 is 6.09 Å². The molecule has 2 N–H and O–H groups in total. The highest BCUT2D eigenvalue weighted by Gasteiger charge is 2.55. The Balaban J connectivity index is 1.93. The Morgan fingerprint density at radius 2 is 2.19 bits per heavy atom. The van der Waals surface area contributed by atoms with E-state index in [1.165, 1.54) is 0 Å². The second-order valence-corrected chi connectivity index (χ2v) is 6.20. The molecule has 1 aliphatic heterocycles. The SMILES string of the molecule is C[C@@H]1C[C@@]2(NC(=O)OC(C)(C)C)CNCC12. The molecule has 2 rings (SSSR count). The molecule has 1 saturated carbocycles. The molecule has 3 atom stereocenters. The molecule has 0 radical (unpaired) electrons. The van der Waals surface area contributed by atoms with Gasteiger partial charge in [-0.3, -0.25) is 0 Å². The van der Waals surface area contributed by atoms with Crippen LogP contribution in [0.2, 0.25) is 0 Å². The molecule has 92 valence electrons. The van der Waals surface area contributed by atoms with Crippen LogP contribution < -0.4 is 10.6 Å². The van der Waals surface area contributed by atoms with Gasteiger partial charge in [0.25, 0.3) is 0 Å². The second kappa shape index (κ2) is 3.62. The molecular weight excluding hydrogens is 204 g/mol. The quantitative estimate of drug-likeness (QED) is 0.712. The van der Waals surface area contributed by atoms with E-state index in [-0.39, 0.29) is 11.6 Å². The lowest BCUT2D eigenvalue weighted by molar-refractivity contribution is 0.0176. The van der Waals surface area contributed by atoms with E-state index in [4.69, 9.17) is 4.74 Å². The highest BCUT2D eigenvalue weighted by molar-refractivity contribution is 5.69. The number of alkyl carbamates (subject to hydrolysis) is 1. The maximum absolute atomic E-state index is 11.7. The Morgan fingerprint density at radius 1 is 1.50 bits per heavy atom. The van der Waals surface area contributed by atoms with Gasteiger partial charge in [-0.2, -0.15) is 0 Å². The summed E-state index contributed by atoms with van der Waals surface area (Å²) in [7, 11) is 0. The third kappa shape index (κ3) is 2.03. The average molecular weight is 226 g/mol. The van der Waals surface area contributed by atoms with Gasteiger partial charge in [-0.15, -0.1) is 0 Å². The minimum absolute atomic E-state index is 0.0399. The monoisotopic (exact) mass is 226 g/mol. The van der Waals surface area contributed by atoms with Crippen molar-refractivity contribution in [3.05, 3.63) is 0 Å². The first kappa shape index (κ1) is 11.7. The first-order valence-corrected chi connectivity index (χ1v) is 6.04. The zero-order chi connectivity index (χ0) is 12.0. The summed E-state index contributed by atoms with van der Waals surface area (Å²) in [5, 5.41) is 6.41. The Hall–Kier alpha value is -0.770. The van der Waals surface area contributed by atoms with Crippen LogP contribution in [0.15, 0.2) is 0 Å². The summed E-state index contributed by atoms with van der Waals surface area (Å²) >= 11 is 0. The van der Waals surface area contributed by atoms with Crippen molar-refractivity contribution in [3.8, 4) is 0 Å². The number of carbonyl (C=O) groups is 1.